The van der Waals surface area contributed by atoms with Gasteiger partial charge in [-0.1, -0.05) is 54.7 Å². The topological polar surface area (TPSA) is 66.2 Å². The van der Waals surface area contributed by atoms with Crippen LogP contribution in [0.2, 0.25) is 0 Å². The predicted octanol–water partition coefficient (Wildman–Crippen LogP) is 4.92. The van der Waals surface area contributed by atoms with Gasteiger partial charge in [0.25, 0.3) is 0 Å². The first-order valence-electron chi connectivity index (χ1n) is 14.6. The fourth-order valence-electron chi connectivity index (χ4n) is 5.68. The van der Waals surface area contributed by atoms with E-state index in [4.69, 9.17) is 27.4 Å². The Morgan fingerprint density at radius 1 is 1.02 bits per heavy atom. The van der Waals surface area contributed by atoms with Crippen LogP contribution in [0.1, 0.15) is 31.2 Å². The van der Waals surface area contributed by atoms with Crippen molar-refractivity contribution in [1.82, 2.24) is 14.7 Å². The number of hydrogen-bond donors (Lipinski definition) is 2. The lowest BCUT2D eigenvalue weighted by molar-refractivity contribution is 0.0718. The van der Waals surface area contributed by atoms with Crippen molar-refractivity contribution in [2.45, 2.75) is 44.4 Å². The molecule has 1 atom stereocenters. The van der Waals surface area contributed by atoms with Gasteiger partial charge < -0.3 is 30.3 Å². The van der Waals surface area contributed by atoms with E-state index < -0.39 is 0 Å². The molecule has 3 N–H and O–H groups in total. The van der Waals surface area contributed by atoms with E-state index in [0.717, 1.165) is 82.2 Å². The molecule has 2 heterocycles. The van der Waals surface area contributed by atoms with Crippen molar-refractivity contribution in [2.24, 2.45) is 0 Å². The van der Waals surface area contributed by atoms with Crippen LogP contribution in [-0.4, -0.2) is 84.8 Å². The quantitative estimate of drug-likeness (QED) is 0.313. The molecule has 7 nitrogen and oxygen atoms in total. The number of ether oxygens (including phenoxy) is 2. The Kier molecular flexibility index (Phi) is 9.97. The van der Waals surface area contributed by atoms with Crippen molar-refractivity contribution >= 4 is 28.6 Å². The molecular formula is C32H43N5O2S. The van der Waals surface area contributed by atoms with Crippen molar-refractivity contribution < 1.29 is 9.47 Å². The van der Waals surface area contributed by atoms with Crippen LogP contribution >= 0.6 is 12.2 Å². The number of nitrogens with two attached hydrogens (primary N) is 1. The SMILES string of the molecule is COc1cc(NC2CCN(C(=S)CCN3CCN(C4=CCC(OCc5ccccc5)C=C4)CC3)CC2)ccc1N. The Morgan fingerprint density at radius 3 is 2.50 bits per heavy atom. The maximum absolute atomic E-state index is 6.08. The summed E-state index contributed by atoms with van der Waals surface area (Å²) in [6, 6.07) is 16.7. The van der Waals surface area contributed by atoms with Crippen LogP contribution in [0.15, 0.2) is 72.5 Å². The van der Waals surface area contributed by atoms with Gasteiger partial charge in [0.1, 0.15) is 5.75 Å². The number of likely N-dealkylation sites (tertiary alicyclic amines) is 1. The van der Waals surface area contributed by atoms with Gasteiger partial charge in [-0.3, -0.25) is 4.90 Å². The summed E-state index contributed by atoms with van der Waals surface area (Å²) in [6.07, 6.45) is 11.0. The number of hydrogen-bond acceptors (Lipinski definition) is 7. The van der Waals surface area contributed by atoms with E-state index in [1.165, 1.54) is 11.3 Å². The first kappa shape index (κ1) is 28.5. The third kappa shape index (κ3) is 7.77. The Morgan fingerprint density at radius 2 is 1.80 bits per heavy atom. The maximum Gasteiger partial charge on any atom is 0.143 e. The molecule has 0 amide bonds. The minimum atomic E-state index is 0.160. The second-order valence-corrected chi connectivity index (χ2v) is 11.4. The van der Waals surface area contributed by atoms with Gasteiger partial charge in [-0.25, -0.2) is 0 Å². The molecule has 214 valence electrons. The van der Waals surface area contributed by atoms with E-state index in [2.05, 4.69) is 62.5 Å². The zero-order valence-electron chi connectivity index (χ0n) is 23.6. The van der Waals surface area contributed by atoms with Crippen LogP contribution in [0, 0.1) is 0 Å². The molecule has 0 spiro atoms. The Balaban J connectivity index is 0.968. The number of rotatable bonds is 10. The van der Waals surface area contributed by atoms with Gasteiger partial charge in [0.15, 0.2) is 0 Å². The molecular weight excluding hydrogens is 518 g/mol. The molecule has 2 fully saturated rings. The standard InChI is InChI=1S/C32H43N5O2S/c1-38-31-23-27(7-12-30(31)33)34-26-13-17-37(18-14-26)32(40)15-16-35-19-21-36(22-20-35)28-8-10-29(11-9-28)39-24-25-5-3-2-4-6-25/h2-10,12,23,26,29,34H,11,13-22,24,33H2,1H3. The second-order valence-electron chi connectivity index (χ2n) is 10.9. The maximum atomic E-state index is 6.08. The van der Waals surface area contributed by atoms with Gasteiger partial charge >= 0.3 is 0 Å². The van der Waals surface area contributed by atoms with Gasteiger partial charge in [0.05, 0.1) is 30.5 Å². The first-order chi connectivity index (χ1) is 19.6. The number of anilines is 2. The summed E-state index contributed by atoms with van der Waals surface area (Å²) in [5, 5.41) is 3.64. The monoisotopic (exact) mass is 561 g/mol. The lowest BCUT2D eigenvalue weighted by atomic mass is 10.0. The molecule has 3 aliphatic rings. The van der Waals surface area contributed by atoms with Crippen LogP contribution in [0.3, 0.4) is 0 Å². The minimum Gasteiger partial charge on any atom is -0.495 e. The van der Waals surface area contributed by atoms with Crippen molar-refractivity contribution in [3.63, 3.8) is 0 Å². The van der Waals surface area contributed by atoms with E-state index in [1.807, 2.05) is 24.3 Å². The Bertz CT molecular complexity index is 1170. The highest BCUT2D eigenvalue weighted by molar-refractivity contribution is 7.80. The van der Waals surface area contributed by atoms with Crippen LogP contribution in [0.4, 0.5) is 11.4 Å². The van der Waals surface area contributed by atoms with E-state index in [0.29, 0.717) is 24.1 Å². The molecule has 0 bridgehead atoms. The van der Waals surface area contributed by atoms with E-state index >= 15 is 0 Å². The number of piperidine rings is 1. The molecule has 1 aliphatic carbocycles. The van der Waals surface area contributed by atoms with Gasteiger partial charge in [0, 0.05) is 75.7 Å². The number of methoxy groups -OCH3 is 1. The largest absolute Gasteiger partial charge is 0.495 e. The molecule has 8 heteroatoms. The Hall–Kier alpha value is -3.07. The number of thiocarbonyl (C=S) groups is 1. The highest BCUT2D eigenvalue weighted by atomic mass is 32.1. The van der Waals surface area contributed by atoms with E-state index in [9.17, 15) is 0 Å². The fourth-order valence-corrected chi connectivity index (χ4v) is 5.95. The minimum absolute atomic E-state index is 0.160. The lowest BCUT2D eigenvalue weighted by Crippen LogP contribution is -2.47. The first-order valence-corrected chi connectivity index (χ1v) is 15.0. The zero-order chi connectivity index (χ0) is 27.7. The van der Waals surface area contributed by atoms with Crippen LogP contribution in [0.25, 0.3) is 0 Å². The lowest BCUT2D eigenvalue weighted by Gasteiger charge is -2.38. The molecule has 0 aromatic heterocycles. The molecule has 2 aromatic carbocycles. The number of piperazine rings is 1. The van der Waals surface area contributed by atoms with Crippen molar-refractivity contribution in [3.8, 4) is 5.75 Å². The van der Waals surface area contributed by atoms with Gasteiger partial charge in [-0.15, -0.1) is 0 Å². The summed E-state index contributed by atoms with van der Waals surface area (Å²) in [5.41, 5.74) is 10.2. The fraction of sp³-hybridized carbons (Fsp3) is 0.469. The molecule has 2 saturated heterocycles. The molecule has 0 saturated carbocycles. The van der Waals surface area contributed by atoms with E-state index in [-0.39, 0.29) is 6.10 Å². The van der Waals surface area contributed by atoms with Crippen molar-refractivity contribution in [2.75, 3.05) is 64.0 Å². The highest BCUT2D eigenvalue weighted by Gasteiger charge is 2.23. The summed E-state index contributed by atoms with van der Waals surface area (Å²) < 4.78 is 11.4. The van der Waals surface area contributed by atoms with Crippen molar-refractivity contribution in [1.29, 1.82) is 0 Å². The van der Waals surface area contributed by atoms with Crippen LogP contribution in [0.5, 0.6) is 5.75 Å². The smallest absolute Gasteiger partial charge is 0.143 e. The number of nitrogens with zero attached hydrogens (tertiary/aromatic N) is 3. The summed E-state index contributed by atoms with van der Waals surface area (Å²) in [7, 11) is 1.65. The molecule has 2 aromatic rings. The van der Waals surface area contributed by atoms with Gasteiger partial charge in [-0.2, -0.15) is 0 Å². The summed E-state index contributed by atoms with van der Waals surface area (Å²) in [4.78, 5) is 8.58. The third-order valence-electron chi connectivity index (χ3n) is 8.18. The predicted molar refractivity (Wildman–Crippen MR) is 168 cm³/mol. The molecule has 1 unspecified atom stereocenters. The number of benzene rings is 2. The van der Waals surface area contributed by atoms with Crippen LogP contribution < -0.4 is 15.8 Å². The molecule has 5 rings (SSSR count). The second kappa shape index (κ2) is 14.0. The molecule has 2 aliphatic heterocycles. The van der Waals surface area contributed by atoms with E-state index in [1.54, 1.807) is 7.11 Å². The average Bonchev–Trinajstić information content (AvgIpc) is 3.01. The molecule has 40 heavy (non-hydrogen) atoms. The summed E-state index contributed by atoms with van der Waals surface area (Å²) >= 11 is 5.86. The average molecular weight is 562 g/mol. The number of nitrogen functional groups attached to an aromatic ring is 1. The van der Waals surface area contributed by atoms with Crippen molar-refractivity contribution in [3.05, 3.63) is 78.0 Å². The van der Waals surface area contributed by atoms with Crippen LogP contribution in [-0.2, 0) is 11.3 Å². The summed E-state index contributed by atoms with van der Waals surface area (Å²) in [5.74, 6) is 0.717. The Labute approximate surface area is 244 Å². The summed E-state index contributed by atoms with van der Waals surface area (Å²) in [6.45, 7) is 8.00. The zero-order valence-corrected chi connectivity index (χ0v) is 24.5. The van der Waals surface area contributed by atoms with Gasteiger partial charge in [-0.05, 0) is 43.0 Å². The number of allylic oxidation sites excluding steroid dienone is 1. The third-order valence-corrected chi connectivity index (χ3v) is 8.64. The normalized spacial score (nSPS) is 20.3. The van der Waals surface area contributed by atoms with Gasteiger partial charge in [0.2, 0.25) is 0 Å². The molecule has 0 radical (unpaired) electrons. The highest BCUT2D eigenvalue weighted by Crippen LogP contribution is 2.27. The number of nitrogens with one attached hydrogen (secondary N) is 1.